The Hall–Kier alpha value is -4.98. The molecule has 0 radical (unpaired) electrons. The van der Waals surface area contributed by atoms with Gasteiger partial charge in [0.15, 0.2) is 0 Å². The SMILES string of the molecule is COc1ccc(COc2cccc(-c3cc(C)c(-n4cc(-c5ccc(C(=O)O)cc5)nn4)cn3)c2)cc1. The number of aromatic nitrogens is 4. The zero-order chi connectivity index (χ0) is 25.8. The normalized spacial score (nSPS) is 10.8. The number of nitrogens with zero attached hydrogens (tertiary/aromatic N) is 4. The lowest BCUT2D eigenvalue weighted by molar-refractivity contribution is 0.0697. The molecule has 2 aromatic heterocycles. The molecule has 1 N–H and O–H groups in total. The summed E-state index contributed by atoms with van der Waals surface area (Å²) in [5, 5.41) is 17.6. The molecule has 0 saturated heterocycles. The lowest BCUT2D eigenvalue weighted by atomic mass is 10.1. The Labute approximate surface area is 213 Å². The third kappa shape index (κ3) is 5.33. The number of ether oxygens (including phenoxy) is 2. The van der Waals surface area contributed by atoms with Gasteiger partial charge in [0, 0.05) is 11.1 Å². The number of carboxylic acid groups (broad SMARTS) is 1. The van der Waals surface area contributed by atoms with Crippen molar-refractivity contribution >= 4 is 5.97 Å². The van der Waals surface area contributed by atoms with E-state index in [9.17, 15) is 4.79 Å². The molecule has 3 aromatic carbocycles. The first-order chi connectivity index (χ1) is 18.0. The number of rotatable bonds is 8. The van der Waals surface area contributed by atoms with Gasteiger partial charge in [-0.25, -0.2) is 9.48 Å². The fourth-order valence-corrected chi connectivity index (χ4v) is 3.88. The number of pyridine rings is 1. The monoisotopic (exact) mass is 492 g/mol. The van der Waals surface area contributed by atoms with E-state index in [0.717, 1.165) is 45.1 Å². The van der Waals surface area contributed by atoms with Crippen molar-refractivity contribution in [2.75, 3.05) is 7.11 Å². The molecular formula is C29H24N4O4. The van der Waals surface area contributed by atoms with Gasteiger partial charge in [-0.15, -0.1) is 5.10 Å². The molecule has 8 heteroatoms. The molecule has 0 fully saturated rings. The maximum atomic E-state index is 11.1. The third-order valence-electron chi connectivity index (χ3n) is 5.95. The minimum Gasteiger partial charge on any atom is -0.497 e. The fraction of sp³-hybridized carbons (Fsp3) is 0.103. The van der Waals surface area contributed by atoms with Crippen LogP contribution in [0.1, 0.15) is 21.5 Å². The minimum absolute atomic E-state index is 0.224. The molecule has 8 nitrogen and oxygen atoms in total. The molecule has 0 atom stereocenters. The summed E-state index contributed by atoms with van der Waals surface area (Å²) in [7, 11) is 1.65. The molecule has 0 unspecified atom stereocenters. The summed E-state index contributed by atoms with van der Waals surface area (Å²) >= 11 is 0. The number of hydrogen-bond donors (Lipinski definition) is 1. The molecule has 5 aromatic rings. The Bertz CT molecular complexity index is 1540. The highest BCUT2D eigenvalue weighted by molar-refractivity contribution is 5.88. The van der Waals surface area contributed by atoms with Crippen LogP contribution in [0.15, 0.2) is 91.3 Å². The molecular weight excluding hydrogens is 468 g/mol. The molecule has 2 heterocycles. The van der Waals surface area contributed by atoms with E-state index in [4.69, 9.17) is 14.6 Å². The zero-order valence-electron chi connectivity index (χ0n) is 20.3. The van der Waals surface area contributed by atoms with Crippen LogP contribution in [-0.4, -0.2) is 38.2 Å². The van der Waals surface area contributed by atoms with Crippen LogP contribution in [0.3, 0.4) is 0 Å². The van der Waals surface area contributed by atoms with E-state index in [2.05, 4.69) is 15.3 Å². The molecule has 0 spiro atoms. The number of methoxy groups -OCH3 is 1. The Morgan fingerprint density at radius 1 is 0.919 bits per heavy atom. The van der Waals surface area contributed by atoms with Crippen LogP contribution in [0, 0.1) is 6.92 Å². The van der Waals surface area contributed by atoms with Gasteiger partial charge in [0.2, 0.25) is 0 Å². The van der Waals surface area contributed by atoms with Gasteiger partial charge in [-0.05, 0) is 60.5 Å². The summed E-state index contributed by atoms with van der Waals surface area (Å²) in [5.74, 6) is 0.602. The standard InChI is InChI=1S/C29H24N4O4/c1-19-14-26(23-4-3-5-25(15-23)37-18-20-6-12-24(36-2)13-7-20)30-16-28(19)33-17-27(31-32-33)21-8-10-22(11-9-21)29(34)35/h3-17H,18H2,1-2H3,(H,34,35). The Morgan fingerprint density at radius 3 is 2.41 bits per heavy atom. The molecule has 0 aliphatic carbocycles. The minimum atomic E-state index is -0.966. The first-order valence-corrected chi connectivity index (χ1v) is 11.6. The van der Waals surface area contributed by atoms with Crippen LogP contribution in [-0.2, 0) is 6.61 Å². The lowest BCUT2D eigenvalue weighted by Crippen LogP contribution is -2.00. The average Bonchev–Trinajstić information content (AvgIpc) is 3.42. The van der Waals surface area contributed by atoms with E-state index in [1.807, 2.05) is 61.5 Å². The van der Waals surface area contributed by atoms with Gasteiger partial charge < -0.3 is 14.6 Å². The van der Waals surface area contributed by atoms with Crippen molar-refractivity contribution in [3.05, 3.63) is 108 Å². The van der Waals surface area contributed by atoms with Gasteiger partial charge in [0.05, 0.1) is 36.4 Å². The van der Waals surface area contributed by atoms with Crippen LogP contribution in [0.25, 0.3) is 28.2 Å². The Balaban J connectivity index is 1.31. The molecule has 0 amide bonds. The maximum Gasteiger partial charge on any atom is 0.335 e. The smallest absolute Gasteiger partial charge is 0.335 e. The largest absolute Gasteiger partial charge is 0.497 e. The lowest BCUT2D eigenvalue weighted by Gasteiger charge is -2.10. The second kappa shape index (κ2) is 10.3. The maximum absolute atomic E-state index is 11.1. The van der Waals surface area contributed by atoms with Crippen molar-refractivity contribution in [1.29, 1.82) is 0 Å². The van der Waals surface area contributed by atoms with Crippen molar-refractivity contribution < 1.29 is 19.4 Å². The van der Waals surface area contributed by atoms with E-state index in [0.29, 0.717) is 12.3 Å². The van der Waals surface area contributed by atoms with Crippen molar-refractivity contribution in [2.24, 2.45) is 0 Å². The Morgan fingerprint density at radius 2 is 1.70 bits per heavy atom. The van der Waals surface area contributed by atoms with Gasteiger partial charge in [-0.3, -0.25) is 4.98 Å². The molecule has 0 aliphatic heterocycles. The highest BCUT2D eigenvalue weighted by atomic mass is 16.5. The van der Waals surface area contributed by atoms with E-state index in [1.165, 1.54) is 0 Å². The summed E-state index contributed by atoms with van der Waals surface area (Å²) in [6, 6.07) is 24.2. The second-order valence-corrected chi connectivity index (χ2v) is 8.45. The number of benzene rings is 3. The van der Waals surface area contributed by atoms with Crippen molar-refractivity contribution in [3.8, 4) is 39.7 Å². The quantitative estimate of drug-likeness (QED) is 0.301. The topological polar surface area (TPSA) is 99.4 Å². The second-order valence-electron chi connectivity index (χ2n) is 8.45. The molecule has 0 bridgehead atoms. The number of carboxylic acids is 1. The predicted molar refractivity (Wildman–Crippen MR) is 139 cm³/mol. The van der Waals surface area contributed by atoms with E-state index in [1.54, 1.807) is 48.5 Å². The molecule has 184 valence electrons. The molecule has 5 rings (SSSR count). The van der Waals surface area contributed by atoms with Crippen LogP contribution < -0.4 is 9.47 Å². The number of hydrogen-bond acceptors (Lipinski definition) is 6. The first kappa shape index (κ1) is 23.7. The zero-order valence-corrected chi connectivity index (χ0v) is 20.3. The van der Waals surface area contributed by atoms with Gasteiger partial charge in [-0.2, -0.15) is 0 Å². The number of aryl methyl sites for hydroxylation is 1. The average molecular weight is 493 g/mol. The summed E-state index contributed by atoms with van der Waals surface area (Å²) in [6.07, 6.45) is 3.56. The predicted octanol–water partition coefficient (Wildman–Crippen LogP) is 5.59. The summed E-state index contributed by atoms with van der Waals surface area (Å²) in [4.78, 5) is 15.7. The van der Waals surface area contributed by atoms with Crippen LogP contribution >= 0.6 is 0 Å². The third-order valence-corrected chi connectivity index (χ3v) is 5.95. The molecule has 37 heavy (non-hydrogen) atoms. The van der Waals surface area contributed by atoms with Crippen molar-refractivity contribution in [1.82, 2.24) is 20.0 Å². The molecule has 0 saturated carbocycles. The highest BCUT2D eigenvalue weighted by Gasteiger charge is 2.11. The highest BCUT2D eigenvalue weighted by Crippen LogP contribution is 2.26. The van der Waals surface area contributed by atoms with Crippen molar-refractivity contribution in [3.63, 3.8) is 0 Å². The van der Waals surface area contributed by atoms with E-state index < -0.39 is 5.97 Å². The summed E-state index contributed by atoms with van der Waals surface area (Å²) in [5.41, 5.74) is 6.24. The summed E-state index contributed by atoms with van der Waals surface area (Å²) < 4.78 is 12.9. The van der Waals surface area contributed by atoms with Crippen LogP contribution in [0.2, 0.25) is 0 Å². The van der Waals surface area contributed by atoms with Crippen LogP contribution in [0.4, 0.5) is 0 Å². The Kier molecular flexibility index (Phi) is 6.63. The van der Waals surface area contributed by atoms with E-state index in [-0.39, 0.29) is 5.56 Å². The van der Waals surface area contributed by atoms with Gasteiger partial charge in [-0.1, -0.05) is 41.6 Å². The number of aromatic carboxylic acids is 1. The van der Waals surface area contributed by atoms with Crippen molar-refractivity contribution in [2.45, 2.75) is 13.5 Å². The number of carbonyl (C=O) groups is 1. The fourth-order valence-electron chi connectivity index (χ4n) is 3.88. The van der Waals surface area contributed by atoms with Gasteiger partial charge in [0.1, 0.15) is 23.8 Å². The van der Waals surface area contributed by atoms with E-state index >= 15 is 0 Å². The van der Waals surface area contributed by atoms with Gasteiger partial charge in [0.25, 0.3) is 0 Å². The first-order valence-electron chi connectivity index (χ1n) is 11.6. The molecule has 0 aliphatic rings. The van der Waals surface area contributed by atoms with Gasteiger partial charge >= 0.3 is 5.97 Å². The summed E-state index contributed by atoms with van der Waals surface area (Å²) in [6.45, 7) is 2.44. The van der Waals surface area contributed by atoms with Crippen LogP contribution in [0.5, 0.6) is 11.5 Å².